The minimum atomic E-state index is -2.82. The van der Waals surface area contributed by atoms with Crippen LogP contribution in [0, 0.1) is 0 Å². The van der Waals surface area contributed by atoms with Gasteiger partial charge in [-0.3, -0.25) is 4.68 Å². The molecule has 0 aliphatic carbocycles. The van der Waals surface area contributed by atoms with E-state index in [2.05, 4.69) is 21.0 Å². The normalized spacial score (nSPS) is 26.4. The van der Waals surface area contributed by atoms with Crippen molar-refractivity contribution in [3.8, 4) is 0 Å². The summed E-state index contributed by atoms with van der Waals surface area (Å²) in [4.78, 5) is 0. The van der Waals surface area contributed by atoms with Gasteiger partial charge < -0.3 is 0 Å². The summed E-state index contributed by atoms with van der Waals surface area (Å²) in [6, 6.07) is 1.82. The molecule has 1 saturated heterocycles. The molecule has 13 heavy (non-hydrogen) atoms. The highest BCUT2D eigenvalue weighted by molar-refractivity contribution is 9.10. The number of hydrogen-bond donors (Lipinski definition) is 0. The Kier molecular flexibility index (Phi) is 2.19. The van der Waals surface area contributed by atoms with Gasteiger partial charge in [-0.1, -0.05) is 0 Å². The van der Waals surface area contributed by atoms with E-state index in [0.717, 1.165) is 4.60 Å². The van der Waals surface area contributed by atoms with Crippen molar-refractivity contribution >= 4 is 25.8 Å². The summed E-state index contributed by atoms with van der Waals surface area (Å²) in [5.41, 5.74) is 0. The van der Waals surface area contributed by atoms with Gasteiger partial charge in [-0.15, -0.1) is 0 Å². The van der Waals surface area contributed by atoms with Crippen molar-refractivity contribution in [3.05, 3.63) is 16.9 Å². The van der Waals surface area contributed by atoms with Gasteiger partial charge in [0.2, 0.25) is 0 Å². The predicted molar refractivity (Wildman–Crippen MR) is 52.2 cm³/mol. The molecule has 0 saturated carbocycles. The van der Waals surface area contributed by atoms with Crippen molar-refractivity contribution < 1.29 is 8.42 Å². The van der Waals surface area contributed by atoms with E-state index in [1.807, 2.05) is 6.07 Å². The van der Waals surface area contributed by atoms with Crippen LogP contribution >= 0.6 is 15.9 Å². The minimum absolute atomic E-state index is 0.00868. The van der Waals surface area contributed by atoms with Crippen LogP contribution in [0.25, 0.3) is 0 Å². The first-order valence-electron chi connectivity index (χ1n) is 3.98. The molecule has 0 spiro atoms. The Balaban J connectivity index is 2.26. The fourth-order valence-corrected chi connectivity index (χ4v) is 3.73. The quantitative estimate of drug-likeness (QED) is 0.761. The lowest BCUT2D eigenvalue weighted by molar-refractivity contribution is 0.490. The summed E-state index contributed by atoms with van der Waals surface area (Å²) in [5, 5.41) is 4.07. The highest BCUT2D eigenvalue weighted by Gasteiger charge is 2.30. The SMILES string of the molecule is O=S1(=O)CCC(n2nccc2Br)C1. The van der Waals surface area contributed by atoms with Gasteiger partial charge in [-0.25, -0.2) is 8.42 Å². The van der Waals surface area contributed by atoms with Crippen LogP contribution in [-0.4, -0.2) is 29.7 Å². The van der Waals surface area contributed by atoms with Crippen LogP contribution < -0.4 is 0 Å². The Morgan fingerprint density at radius 3 is 2.85 bits per heavy atom. The van der Waals surface area contributed by atoms with E-state index in [1.165, 1.54) is 0 Å². The van der Waals surface area contributed by atoms with Gasteiger partial charge in [-0.05, 0) is 28.4 Å². The van der Waals surface area contributed by atoms with Crippen molar-refractivity contribution in [2.24, 2.45) is 0 Å². The molecule has 72 valence electrons. The fourth-order valence-electron chi connectivity index (χ4n) is 1.54. The van der Waals surface area contributed by atoms with Crippen molar-refractivity contribution in [2.75, 3.05) is 11.5 Å². The van der Waals surface area contributed by atoms with Crippen molar-refractivity contribution in [3.63, 3.8) is 0 Å². The Bertz CT molecular complexity index is 412. The van der Waals surface area contributed by atoms with Crippen LogP contribution in [0.3, 0.4) is 0 Å². The summed E-state index contributed by atoms with van der Waals surface area (Å²) in [6.45, 7) is 0. The fraction of sp³-hybridized carbons (Fsp3) is 0.571. The summed E-state index contributed by atoms with van der Waals surface area (Å²) >= 11 is 3.32. The van der Waals surface area contributed by atoms with Gasteiger partial charge in [0, 0.05) is 0 Å². The zero-order valence-corrected chi connectivity index (χ0v) is 9.25. The monoisotopic (exact) mass is 264 g/mol. The highest BCUT2D eigenvalue weighted by atomic mass is 79.9. The van der Waals surface area contributed by atoms with E-state index in [1.54, 1.807) is 10.9 Å². The molecule has 4 nitrogen and oxygen atoms in total. The van der Waals surface area contributed by atoms with Crippen LogP contribution in [0.15, 0.2) is 16.9 Å². The highest BCUT2D eigenvalue weighted by Crippen LogP contribution is 2.25. The van der Waals surface area contributed by atoms with Gasteiger partial charge >= 0.3 is 0 Å². The average molecular weight is 265 g/mol. The standard InChI is InChI=1S/C7H9BrN2O2S/c8-7-1-3-9-10(7)6-2-4-13(11,12)5-6/h1,3,6H,2,4-5H2. The molecule has 1 aromatic rings. The predicted octanol–water partition coefficient (Wildman–Crippen LogP) is 1.01. The average Bonchev–Trinajstić information content (AvgIpc) is 2.56. The molecule has 0 aromatic carbocycles. The summed E-state index contributed by atoms with van der Waals surface area (Å²) < 4.78 is 25.0. The van der Waals surface area contributed by atoms with Gasteiger partial charge in [0.1, 0.15) is 4.60 Å². The van der Waals surface area contributed by atoms with Gasteiger partial charge in [0.15, 0.2) is 9.84 Å². The lowest BCUT2D eigenvalue weighted by Gasteiger charge is -2.08. The lowest BCUT2D eigenvalue weighted by atomic mass is 10.3. The Hall–Kier alpha value is -0.360. The number of rotatable bonds is 1. The molecule has 1 aliphatic heterocycles. The zero-order chi connectivity index (χ0) is 9.47. The third-order valence-electron chi connectivity index (χ3n) is 2.18. The second kappa shape index (κ2) is 3.09. The molecule has 0 bridgehead atoms. The summed E-state index contributed by atoms with van der Waals surface area (Å²) in [5.74, 6) is 0.497. The lowest BCUT2D eigenvalue weighted by Crippen LogP contribution is -2.12. The van der Waals surface area contributed by atoms with Crippen LogP contribution in [0.1, 0.15) is 12.5 Å². The third-order valence-corrected chi connectivity index (χ3v) is 4.55. The molecular weight excluding hydrogens is 256 g/mol. The van der Waals surface area contributed by atoms with Crippen LogP contribution in [0.4, 0.5) is 0 Å². The maximum Gasteiger partial charge on any atom is 0.152 e. The first-order valence-corrected chi connectivity index (χ1v) is 6.59. The molecule has 1 aliphatic rings. The van der Waals surface area contributed by atoms with Crippen LogP contribution in [-0.2, 0) is 9.84 Å². The zero-order valence-electron chi connectivity index (χ0n) is 6.85. The van der Waals surface area contributed by atoms with Crippen molar-refractivity contribution in [1.82, 2.24) is 9.78 Å². The summed E-state index contributed by atoms with van der Waals surface area (Å²) in [7, 11) is -2.82. The van der Waals surface area contributed by atoms with E-state index in [0.29, 0.717) is 6.42 Å². The van der Waals surface area contributed by atoms with Crippen LogP contribution in [0.5, 0.6) is 0 Å². The molecule has 1 atom stereocenters. The second-order valence-electron chi connectivity index (χ2n) is 3.16. The summed E-state index contributed by atoms with van der Waals surface area (Å²) in [6.07, 6.45) is 2.33. The smallest absolute Gasteiger partial charge is 0.152 e. The molecule has 1 fully saturated rings. The van der Waals surface area contributed by atoms with Crippen molar-refractivity contribution in [1.29, 1.82) is 0 Å². The van der Waals surface area contributed by atoms with Gasteiger partial charge in [0.25, 0.3) is 0 Å². The van der Waals surface area contributed by atoms with Gasteiger partial charge in [-0.2, -0.15) is 5.10 Å². The van der Waals surface area contributed by atoms with E-state index >= 15 is 0 Å². The molecule has 0 amide bonds. The molecule has 1 aromatic heterocycles. The number of nitrogens with zero attached hydrogens (tertiary/aromatic N) is 2. The number of hydrogen-bond acceptors (Lipinski definition) is 3. The Labute approximate surface area is 85.0 Å². The van der Waals surface area contributed by atoms with Crippen molar-refractivity contribution in [2.45, 2.75) is 12.5 Å². The molecular formula is C7H9BrN2O2S. The van der Waals surface area contributed by atoms with Gasteiger partial charge in [0.05, 0.1) is 23.7 Å². The molecule has 6 heteroatoms. The molecule has 0 radical (unpaired) electrons. The molecule has 2 heterocycles. The largest absolute Gasteiger partial charge is 0.254 e. The third kappa shape index (κ3) is 1.78. The Morgan fingerprint density at radius 1 is 1.62 bits per heavy atom. The maximum atomic E-state index is 11.2. The first kappa shape index (κ1) is 9.21. The van der Waals surface area contributed by atoms with E-state index in [9.17, 15) is 8.42 Å². The topological polar surface area (TPSA) is 52.0 Å². The minimum Gasteiger partial charge on any atom is -0.254 e. The Morgan fingerprint density at radius 2 is 2.38 bits per heavy atom. The molecule has 2 rings (SSSR count). The number of halogens is 1. The first-order chi connectivity index (χ1) is 6.08. The van der Waals surface area contributed by atoms with E-state index in [-0.39, 0.29) is 17.5 Å². The maximum absolute atomic E-state index is 11.2. The second-order valence-corrected chi connectivity index (χ2v) is 6.20. The molecule has 1 unspecified atom stereocenters. The molecule has 0 N–H and O–H groups in total. The number of sulfone groups is 1. The van der Waals surface area contributed by atoms with E-state index < -0.39 is 9.84 Å². The van der Waals surface area contributed by atoms with Crippen LogP contribution in [0.2, 0.25) is 0 Å². The number of aromatic nitrogens is 2. The van der Waals surface area contributed by atoms with E-state index in [4.69, 9.17) is 0 Å².